The quantitative estimate of drug-likeness (QED) is 0.0158. The van der Waals surface area contributed by atoms with Crippen molar-refractivity contribution in [2.75, 3.05) is 0 Å². The molecule has 8 amide bonds. The Hall–Kier alpha value is -12.9. The predicted octanol–water partition coefficient (Wildman–Crippen LogP) is 11.9. The van der Waals surface area contributed by atoms with Gasteiger partial charge in [-0.1, -0.05) is 171 Å². The van der Waals surface area contributed by atoms with E-state index in [-0.39, 0.29) is 127 Å². The average Bonchev–Trinajstić information content (AvgIpc) is 1.71. The van der Waals surface area contributed by atoms with Crippen LogP contribution in [0.3, 0.4) is 0 Å². The Morgan fingerprint density at radius 2 is 0.583 bits per heavy atom. The van der Waals surface area contributed by atoms with Gasteiger partial charge in [-0.15, -0.1) is 34.0 Å². The van der Waals surface area contributed by atoms with Crippen molar-refractivity contribution in [3.05, 3.63) is 215 Å². The summed E-state index contributed by atoms with van der Waals surface area (Å²) in [6.07, 6.45) is -0.0540. The number of nitrogens with two attached hydrogens (primary N) is 5. The van der Waals surface area contributed by atoms with Crippen molar-refractivity contribution in [1.82, 2.24) is 16.0 Å². The molecule has 120 heavy (non-hydrogen) atoms. The smallest absolute Gasteiger partial charge is 0.303 e. The molecule has 9 rings (SSSR count). The Labute approximate surface area is 706 Å². The highest BCUT2D eigenvalue weighted by Gasteiger charge is 2.31. The SMILES string of the molecule is CC[C@H](NC(=O)CCc1ccc(-c2cc(-c3ccccc3)cs2)cc1)C(=O)C[C@H](CCC(=O)O)C(N)=O.NC(=O)CC[C@H](CC(=O)[C@H](CCC(=O)O)NC(=O)CCc1ccc(-c2cc(-c3ccccc3)cs2)cc1)C(N)=O.NC(=O)CC[C@H](NC(=O)CCc1ccc(-c2cc(-c3ccccc3)cs2)cc1)C(=O)C[C@@H](CCC(=O)O)C(N)=O.O=CO. The molecule has 3 aromatic heterocycles. The van der Waals surface area contributed by atoms with E-state index < -0.39 is 101 Å². The third-order valence-corrected chi connectivity index (χ3v) is 22.3. The third kappa shape index (κ3) is 34.3. The molecule has 9 aromatic rings. The van der Waals surface area contributed by atoms with Gasteiger partial charge in [0, 0.05) is 103 Å². The number of hydrogen-bond acceptors (Lipinski definition) is 18. The first-order valence-electron chi connectivity index (χ1n) is 38.8. The Bertz CT molecular complexity index is 4710. The molecule has 0 aliphatic heterocycles. The number of amides is 8. The van der Waals surface area contributed by atoms with E-state index in [0.717, 1.165) is 65.4 Å². The molecule has 6 atom stereocenters. The van der Waals surface area contributed by atoms with Crippen LogP contribution in [0.1, 0.15) is 133 Å². The molecule has 17 N–H and O–H groups in total. The van der Waals surface area contributed by atoms with E-state index in [2.05, 4.69) is 86.7 Å². The molecule has 0 spiro atoms. The molecular formula is C90H100N8O19S3. The molecule has 3 heterocycles. The highest BCUT2D eigenvalue weighted by Crippen LogP contribution is 2.36. The number of aryl methyl sites for hydroxylation is 3. The highest BCUT2D eigenvalue weighted by molar-refractivity contribution is 7.14. The normalized spacial score (nSPS) is 12.1. The molecule has 0 aliphatic rings. The monoisotopic (exact) mass is 1690 g/mol. The van der Waals surface area contributed by atoms with Gasteiger partial charge in [-0.05, 0) is 159 Å². The molecule has 632 valence electrons. The molecule has 0 fully saturated rings. The molecule has 0 radical (unpaired) electrons. The number of hydrogen-bond donors (Lipinski definition) is 12. The van der Waals surface area contributed by atoms with Gasteiger partial charge in [0.2, 0.25) is 47.3 Å². The van der Waals surface area contributed by atoms with E-state index in [1.807, 2.05) is 127 Å². The van der Waals surface area contributed by atoms with Crippen LogP contribution >= 0.6 is 34.0 Å². The third-order valence-electron chi connectivity index (χ3n) is 19.4. The Morgan fingerprint density at radius 3 is 0.850 bits per heavy atom. The van der Waals surface area contributed by atoms with Crippen molar-refractivity contribution >= 4 is 123 Å². The number of rotatable bonds is 46. The maximum absolute atomic E-state index is 12.9. The molecule has 0 saturated carbocycles. The van der Waals surface area contributed by atoms with Crippen molar-refractivity contribution < 1.29 is 92.3 Å². The van der Waals surface area contributed by atoms with Crippen LogP contribution in [0.4, 0.5) is 0 Å². The fraction of sp³-hybridized carbons (Fsp3) is 0.300. The molecule has 0 bridgehead atoms. The summed E-state index contributed by atoms with van der Waals surface area (Å²) >= 11 is 5.01. The number of carboxylic acid groups (broad SMARTS) is 4. The molecule has 30 heteroatoms. The van der Waals surface area contributed by atoms with E-state index in [4.69, 9.17) is 53.9 Å². The second kappa shape index (κ2) is 50.6. The maximum Gasteiger partial charge on any atom is 0.303 e. The van der Waals surface area contributed by atoms with Crippen molar-refractivity contribution in [2.24, 2.45) is 46.4 Å². The second-order valence-corrected chi connectivity index (χ2v) is 31.0. The number of ketones is 3. The van der Waals surface area contributed by atoms with Gasteiger partial charge in [0.1, 0.15) is 0 Å². The summed E-state index contributed by atoms with van der Waals surface area (Å²) in [5.41, 5.74) is 39.5. The number of thiophene rings is 3. The number of carboxylic acids is 3. The van der Waals surface area contributed by atoms with Gasteiger partial charge in [-0.25, -0.2) is 0 Å². The number of benzene rings is 6. The summed E-state index contributed by atoms with van der Waals surface area (Å²) in [7, 11) is 0. The first-order valence-corrected chi connectivity index (χ1v) is 41.4. The predicted molar refractivity (Wildman–Crippen MR) is 460 cm³/mol. The van der Waals surface area contributed by atoms with Gasteiger partial charge < -0.3 is 65.0 Å². The highest BCUT2D eigenvalue weighted by atomic mass is 32.1. The van der Waals surface area contributed by atoms with Crippen molar-refractivity contribution in [1.29, 1.82) is 0 Å². The fourth-order valence-electron chi connectivity index (χ4n) is 12.6. The van der Waals surface area contributed by atoms with Crippen LogP contribution in [0.15, 0.2) is 198 Å². The standard InChI is InChI=1S/2C30H33N3O6S.C29H32N2O5S.CH2O2/c31-27(35)13-12-24(25(34)16-22(30(32)39)11-15-29(37)38)33-28(36)14-8-19-6-9-21(10-7-19)26-17-23(18-40-26)20-4-2-1-3-5-20;31-27(35)13-11-22(30(32)39)16-25(34)24(12-15-29(37)38)33-28(36)14-8-19-6-9-21(10-7-19)26-17-23(18-40-26)20-4-2-1-3-5-20;1-2-24(25(32)16-22(29(30)36)13-15-28(34)35)31-27(33)14-10-19-8-11-21(12-9-19)26-17-23(18-37-26)20-6-4-3-5-7-20;2-1-3/h2*1-7,9-10,17-18,22,24H,8,11-16H2,(H2,31,35)(H2,32,39)(H,33,36)(H,37,38);3-9,11-12,17-18,22,24H,2,10,13-16H2,1H3,(H2,30,36)(H,31,33)(H,34,35);1H,(H,2,3)/t2*22-,24+;22-,24-;/m110./s1. The lowest BCUT2D eigenvalue weighted by Crippen LogP contribution is -2.43. The molecule has 0 saturated heterocycles. The number of carbonyl (C=O) groups is 15. The van der Waals surface area contributed by atoms with Gasteiger partial charge in [0.05, 0.1) is 18.1 Å². The summed E-state index contributed by atoms with van der Waals surface area (Å²) in [6.45, 7) is 1.52. The zero-order valence-corrected chi connectivity index (χ0v) is 68.7. The lowest BCUT2D eigenvalue weighted by atomic mass is 9.92. The second-order valence-electron chi connectivity index (χ2n) is 28.3. The van der Waals surface area contributed by atoms with Crippen LogP contribution < -0.4 is 44.6 Å². The summed E-state index contributed by atoms with van der Waals surface area (Å²) in [4.78, 5) is 178. The van der Waals surface area contributed by atoms with Crippen LogP contribution in [0, 0.1) is 17.8 Å². The summed E-state index contributed by atoms with van der Waals surface area (Å²) < 4.78 is 0. The summed E-state index contributed by atoms with van der Waals surface area (Å²) in [5, 5.41) is 48.0. The maximum atomic E-state index is 12.9. The van der Waals surface area contributed by atoms with E-state index in [1.165, 1.54) is 16.0 Å². The van der Waals surface area contributed by atoms with Gasteiger partial charge >= 0.3 is 17.9 Å². The van der Waals surface area contributed by atoms with Crippen LogP contribution in [-0.2, 0) is 91.2 Å². The first kappa shape index (κ1) is 95.9. The van der Waals surface area contributed by atoms with Crippen molar-refractivity contribution in [3.63, 3.8) is 0 Å². The van der Waals surface area contributed by atoms with Gasteiger partial charge in [-0.2, -0.15) is 0 Å². The molecule has 0 aliphatic carbocycles. The van der Waals surface area contributed by atoms with E-state index in [1.54, 1.807) is 40.9 Å². The Morgan fingerprint density at radius 1 is 0.333 bits per heavy atom. The van der Waals surface area contributed by atoms with Crippen LogP contribution in [0.25, 0.3) is 64.7 Å². The number of carbonyl (C=O) groups excluding carboxylic acids is 11. The lowest BCUT2D eigenvalue weighted by molar-refractivity contribution is -0.139. The van der Waals surface area contributed by atoms with Gasteiger partial charge in [-0.3, -0.25) is 71.9 Å². The van der Waals surface area contributed by atoms with Crippen LogP contribution in [0.2, 0.25) is 0 Å². The molecule has 6 aromatic carbocycles. The summed E-state index contributed by atoms with van der Waals surface area (Å²) in [6, 6.07) is 58.1. The van der Waals surface area contributed by atoms with Crippen LogP contribution in [0.5, 0.6) is 0 Å². The van der Waals surface area contributed by atoms with E-state index >= 15 is 0 Å². The average molecular weight is 1690 g/mol. The number of nitrogens with one attached hydrogen (secondary N) is 3. The summed E-state index contributed by atoms with van der Waals surface area (Å²) in [5.74, 6) is -12.0. The zero-order valence-electron chi connectivity index (χ0n) is 66.3. The minimum atomic E-state index is -1.12. The molecular weight excluding hydrogens is 1590 g/mol. The number of Topliss-reactive ketones (excluding diaryl/α,β-unsaturated/α-hetero) is 3. The van der Waals surface area contributed by atoms with Crippen LogP contribution in [-0.4, -0.2) is 128 Å². The largest absolute Gasteiger partial charge is 0.483 e. The molecule has 27 nitrogen and oxygen atoms in total. The fourth-order valence-corrected chi connectivity index (χ4v) is 15.4. The Kier molecular flexibility index (Phi) is 40.5. The van der Waals surface area contributed by atoms with Crippen molar-refractivity contribution in [2.45, 2.75) is 153 Å². The van der Waals surface area contributed by atoms with Gasteiger partial charge in [0.25, 0.3) is 6.47 Å². The van der Waals surface area contributed by atoms with E-state index in [9.17, 15) is 67.1 Å². The van der Waals surface area contributed by atoms with Gasteiger partial charge in [0.15, 0.2) is 17.3 Å². The Balaban J connectivity index is 0.000000274. The van der Waals surface area contributed by atoms with Crippen molar-refractivity contribution in [3.8, 4) is 64.7 Å². The first-order chi connectivity index (χ1) is 57.4. The molecule has 0 unspecified atom stereocenters. The zero-order chi connectivity index (χ0) is 87.6. The number of primary amides is 5. The minimum Gasteiger partial charge on any atom is -0.483 e. The minimum absolute atomic E-state index is 0.00414. The topological polar surface area (TPSA) is 503 Å². The number of aliphatic carboxylic acids is 3. The van der Waals surface area contributed by atoms with E-state index in [0.29, 0.717) is 25.7 Å². The lowest BCUT2D eigenvalue weighted by Gasteiger charge is -2.20.